The summed E-state index contributed by atoms with van der Waals surface area (Å²) in [6.07, 6.45) is 13.1. The normalized spacial score (nSPS) is 20.3. The topological polar surface area (TPSA) is 82.7 Å². The van der Waals surface area contributed by atoms with E-state index in [1.807, 2.05) is 12.1 Å². The van der Waals surface area contributed by atoms with Crippen LogP contribution in [-0.2, 0) is 4.74 Å². The predicted molar refractivity (Wildman–Crippen MR) is 113 cm³/mol. The molecule has 2 N–H and O–H groups in total. The molecule has 0 amide bonds. The minimum Gasteiger partial charge on any atom is -0.372 e. The molecule has 7 heteroatoms. The lowest BCUT2D eigenvalue weighted by Gasteiger charge is -2.27. The smallest absolute Gasteiger partial charge is 0.155 e. The van der Waals surface area contributed by atoms with Crippen LogP contribution in [0.1, 0.15) is 31.4 Å². The molecule has 1 aliphatic carbocycles. The highest BCUT2D eigenvalue weighted by Crippen LogP contribution is 2.29. The fourth-order valence-electron chi connectivity index (χ4n) is 4.14. The summed E-state index contributed by atoms with van der Waals surface area (Å²) in [4.78, 5) is 6.76. The SMILES string of the molecule is C1=CC(OCCN2CCCCC2)CC=C1c1n[nH]c2ccc(-c3ncn[nH]3)cc12. The fraction of sp³-hybridized carbons (Fsp3) is 0.409. The molecule has 3 aromatic rings. The highest BCUT2D eigenvalue weighted by molar-refractivity contribution is 5.95. The molecule has 7 nitrogen and oxygen atoms in total. The van der Waals surface area contributed by atoms with Crippen molar-refractivity contribution in [1.29, 1.82) is 0 Å². The Bertz CT molecular complexity index is 1010. The number of H-pyrrole nitrogens is 2. The van der Waals surface area contributed by atoms with Gasteiger partial charge in [-0.3, -0.25) is 10.2 Å². The van der Waals surface area contributed by atoms with Gasteiger partial charge in [0.2, 0.25) is 0 Å². The number of fused-ring (bicyclic) bond motifs is 1. The maximum absolute atomic E-state index is 6.09. The number of hydrogen-bond donors (Lipinski definition) is 2. The highest BCUT2D eigenvalue weighted by Gasteiger charge is 2.16. The van der Waals surface area contributed by atoms with Gasteiger partial charge in [-0.1, -0.05) is 24.6 Å². The third kappa shape index (κ3) is 4.02. The quantitative estimate of drug-likeness (QED) is 0.672. The third-order valence-electron chi connectivity index (χ3n) is 5.77. The van der Waals surface area contributed by atoms with Crippen LogP contribution in [0.5, 0.6) is 0 Å². The molecule has 0 radical (unpaired) electrons. The van der Waals surface area contributed by atoms with Crippen molar-refractivity contribution in [2.45, 2.75) is 31.8 Å². The number of aromatic nitrogens is 5. The summed E-state index contributed by atoms with van der Waals surface area (Å²) in [6.45, 7) is 4.27. The molecule has 2 aliphatic rings. The van der Waals surface area contributed by atoms with Crippen molar-refractivity contribution >= 4 is 16.5 Å². The number of nitrogens with one attached hydrogen (secondary N) is 2. The van der Waals surface area contributed by atoms with Crippen LogP contribution in [0.4, 0.5) is 0 Å². The van der Waals surface area contributed by atoms with E-state index < -0.39 is 0 Å². The van der Waals surface area contributed by atoms with E-state index in [0.717, 1.165) is 53.1 Å². The van der Waals surface area contributed by atoms with Gasteiger partial charge in [-0.15, -0.1) is 0 Å². The Kier molecular flexibility index (Phi) is 5.23. The molecule has 29 heavy (non-hydrogen) atoms. The summed E-state index contributed by atoms with van der Waals surface area (Å²) < 4.78 is 6.09. The van der Waals surface area contributed by atoms with Gasteiger partial charge in [0.05, 0.1) is 23.9 Å². The lowest BCUT2D eigenvalue weighted by Crippen LogP contribution is -2.33. The van der Waals surface area contributed by atoms with Gasteiger partial charge in [0.25, 0.3) is 0 Å². The van der Waals surface area contributed by atoms with Crippen molar-refractivity contribution in [3.8, 4) is 11.4 Å². The maximum atomic E-state index is 6.09. The molecule has 0 spiro atoms. The lowest BCUT2D eigenvalue weighted by molar-refractivity contribution is 0.0613. The van der Waals surface area contributed by atoms with Gasteiger partial charge in [0.15, 0.2) is 5.82 Å². The molecule has 150 valence electrons. The van der Waals surface area contributed by atoms with Crippen LogP contribution in [0.15, 0.2) is 42.8 Å². The molecule has 5 rings (SSSR count). The number of hydrogen-bond acceptors (Lipinski definition) is 5. The largest absolute Gasteiger partial charge is 0.372 e. The van der Waals surface area contributed by atoms with Crippen LogP contribution in [0, 0.1) is 0 Å². The molecule has 1 aliphatic heterocycles. The van der Waals surface area contributed by atoms with Crippen molar-refractivity contribution in [3.63, 3.8) is 0 Å². The number of likely N-dealkylation sites (tertiary alicyclic amines) is 1. The zero-order chi connectivity index (χ0) is 19.5. The predicted octanol–water partition coefficient (Wildman–Crippen LogP) is 3.56. The second-order valence-electron chi connectivity index (χ2n) is 7.73. The van der Waals surface area contributed by atoms with Crippen LogP contribution >= 0.6 is 0 Å². The number of rotatable bonds is 6. The number of benzene rings is 1. The molecule has 1 aromatic carbocycles. The monoisotopic (exact) mass is 390 g/mol. The number of nitrogens with zero attached hydrogens (tertiary/aromatic N) is 4. The number of piperidine rings is 1. The van der Waals surface area contributed by atoms with E-state index in [4.69, 9.17) is 4.74 Å². The Morgan fingerprint density at radius 1 is 1.14 bits per heavy atom. The van der Waals surface area contributed by atoms with Gasteiger partial charge in [-0.2, -0.15) is 10.2 Å². The minimum atomic E-state index is 0.151. The third-order valence-corrected chi connectivity index (χ3v) is 5.77. The van der Waals surface area contributed by atoms with Crippen LogP contribution in [0.2, 0.25) is 0 Å². The molecule has 1 atom stereocenters. The summed E-state index contributed by atoms with van der Waals surface area (Å²) in [6, 6.07) is 6.15. The van der Waals surface area contributed by atoms with Gasteiger partial charge in [-0.25, -0.2) is 4.98 Å². The molecular formula is C22H26N6O. The fourth-order valence-corrected chi connectivity index (χ4v) is 4.14. The second kappa shape index (κ2) is 8.31. The Labute approximate surface area is 169 Å². The first-order valence-electron chi connectivity index (χ1n) is 10.4. The van der Waals surface area contributed by atoms with Gasteiger partial charge in [0, 0.05) is 17.5 Å². The standard InChI is InChI=1S/C22H26N6O/c1-2-10-28(11-3-1)12-13-29-18-7-4-16(5-8-18)21-19-14-17(22-23-15-24-27-22)6-9-20(19)25-26-21/h4-7,9,14-15,18H,1-3,8,10-13H2,(H,25,26)(H,23,24,27). The second-order valence-corrected chi connectivity index (χ2v) is 7.73. The van der Waals surface area contributed by atoms with Gasteiger partial charge >= 0.3 is 0 Å². The van der Waals surface area contributed by atoms with Gasteiger partial charge < -0.3 is 9.64 Å². The van der Waals surface area contributed by atoms with E-state index in [2.05, 4.69) is 54.6 Å². The van der Waals surface area contributed by atoms with Crippen LogP contribution < -0.4 is 0 Å². The van der Waals surface area contributed by atoms with Crippen LogP contribution in [-0.4, -0.2) is 62.6 Å². The summed E-state index contributed by atoms with van der Waals surface area (Å²) in [5.41, 5.74) is 4.10. The van der Waals surface area contributed by atoms with Crippen molar-refractivity contribution in [3.05, 3.63) is 48.4 Å². The van der Waals surface area contributed by atoms with Gasteiger partial charge in [0.1, 0.15) is 6.33 Å². The summed E-state index contributed by atoms with van der Waals surface area (Å²) in [5.74, 6) is 0.759. The average molecular weight is 390 g/mol. The van der Waals surface area contributed by atoms with E-state index in [1.165, 1.54) is 38.7 Å². The van der Waals surface area contributed by atoms with E-state index in [0.29, 0.717) is 0 Å². The minimum absolute atomic E-state index is 0.151. The number of aromatic amines is 2. The van der Waals surface area contributed by atoms with E-state index in [1.54, 1.807) is 0 Å². The van der Waals surface area contributed by atoms with E-state index in [-0.39, 0.29) is 6.10 Å². The molecular weight excluding hydrogens is 364 g/mol. The van der Waals surface area contributed by atoms with Gasteiger partial charge in [-0.05, 0) is 56.1 Å². The summed E-state index contributed by atoms with van der Waals surface area (Å²) in [5, 5.41) is 15.6. The van der Waals surface area contributed by atoms with Crippen LogP contribution in [0.3, 0.4) is 0 Å². The number of allylic oxidation sites excluding steroid dienone is 2. The Hall–Kier alpha value is -2.77. The first-order valence-corrected chi connectivity index (χ1v) is 10.4. The van der Waals surface area contributed by atoms with E-state index in [9.17, 15) is 0 Å². The van der Waals surface area contributed by atoms with Crippen molar-refractivity contribution in [2.75, 3.05) is 26.2 Å². The first-order chi connectivity index (χ1) is 14.4. The summed E-state index contributed by atoms with van der Waals surface area (Å²) in [7, 11) is 0. The van der Waals surface area contributed by atoms with Crippen molar-refractivity contribution in [1.82, 2.24) is 30.3 Å². The Morgan fingerprint density at radius 2 is 2.07 bits per heavy atom. The van der Waals surface area contributed by atoms with Crippen molar-refractivity contribution < 1.29 is 4.74 Å². The maximum Gasteiger partial charge on any atom is 0.155 e. The average Bonchev–Trinajstić information content (AvgIpc) is 3.45. The van der Waals surface area contributed by atoms with Crippen LogP contribution in [0.25, 0.3) is 27.9 Å². The molecule has 1 fully saturated rings. The molecule has 2 aromatic heterocycles. The molecule has 0 bridgehead atoms. The molecule has 1 unspecified atom stereocenters. The Morgan fingerprint density at radius 3 is 2.86 bits per heavy atom. The lowest BCUT2D eigenvalue weighted by atomic mass is 9.99. The van der Waals surface area contributed by atoms with Crippen molar-refractivity contribution in [2.24, 2.45) is 0 Å². The number of ether oxygens (including phenoxy) is 1. The summed E-state index contributed by atoms with van der Waals surface area (Å²) >= 11 is 0. The molecule has 0 saturated carbocycles. The first kappa shape index (κ1) is 18.3. The molecule has 1 saturated heterocycles. The zero-order valence-corrected chi connectivity index (χ0v) is 16.5. The molecule has 3 heterocycles. The Balaban J connectivity index is 1.24. The highest BCUT2D eigenvalue weighted by atomic mass is 16.5. The van der Waals surface area contributed by atoms with E-state index >= 15 is 0 Å². The zero-order valence-electron chi connectivity index (χ0n) is 16.5.